The van der Waals surface area contributed by atoms with Crippen molar-refractivity contribution in [2.75, 3.05) is 0 Å². The summed E-state index contributed by atoms with van der Waals surface area (Å²) in [5.74, 6) is 1.68. The molecule has 0 atom stereocenters. The number of hydrogen-bond acceptors (Lipinski definition) is 2. The van der Waals surface area contributed by atoms with Gasteiger partial charge in [-0.1, -0.05) is 91.0 Å². The van der Waals surface area contributed by atoms with Gasteiger partial charge < -0.3 is 0 Å². The highest BCUT2D eigenvalue weighted by Gasteiger charge is 2.18. The number of nitrogens with zero attached hydrogens (tertiary/aromatic N) is 3. The highest BCUT2D eigenvalue weighted by atomic mass is 15.3. The van der Waals surface area contributed by atoms with E-state index in [-0.39, 0.29) is 0 Å². The third kappa shape index (κ3) is 2.69. The average Bonchev–Trinajstić information content (AvgIpc) is 3.20. The molecule has 5 aromatic rings. The van der Waals surface area contributed by atoms with Gasteiger partial charge in [0.25, 0.3) is 0 Å². The molecule has 0 saturated heterocycles. The normalized spacial score (nSPS) is 11.0. The van der Waals surface area contributed by atoms with Crippen molar-refractivity contribution in [3.8, 4) is 28.5 Å². The zero-order chi connectivity index (χ0) is 18.9. The van der Waals surface area contributed by atoms with Crippen LogP contribution in [0.4, 0.5) is 0 Å². The molecule has 3 nitrogen and oxygen atoms in total. The first-order chi connectivity index (χ1) is 13.8. The molecule has 4 aromatic carbocycles. The Kier molecular flexibility index (Phi) is 3.99. The summed E-state index contributed by atoms with van der Waals surface area (Å²) in [6.07, 6.45) is 0. The average molecular weight is 361 g/mol. The van der Waals surface area contributed by atoms with Crippen LogP contribution in [0, 0.1) is 6.92 Å². The Balaban J connectivity index is 1.86. The van der Waals surface area contributed by atoms with Gasteiger partial charge in [-0.3, -0.25) is 4.57 Å². The fourth-order valence-corrected chi connectivity index (χ4v) is 3.71. The van der Waals surface area contributed by atoms with Crippen LogP contribution in [0.25, 0.3) is 39.2 Å². The number of hydrogen-bond donors (Lipinski definition) is 0. The second-order valence-corrected chi connectivity index (χ2v) is 6.86. The van der Waals surface area contributed by atoms with E-state index >= 15 is 0 Å². The molecule has 0 aliphatic heterocycles. The van der Waals surface area contributed by atoms with Gasteiger partial charge >= 0.3 is 0 Å². The summed E-state index contributed by atoms with van der Waals surface area (Å²) in [4.78, 5) is 0. The zero-order valence-corrected chi connectivity index (χ0v) is 15.6. The van der Waals surface area contributed by atoms with Gasteiger partial charge in [0.2, 0.25) is 0 Å². The summed E-state index contributed by atoms with van der Waals surface area (Å²) in [6.45, 7) is 2.15. The number of aryl methyl sites for hydroxylation is 1. The van der Waals surface area contributed by atoms with Gasteiger partial charge in [0.1, 0.15) is 0 Å². The molecule has 0 saturated carbocycles. The highest BCUT2D eigenvalue weighted by molar-refractivity contribution is 5.93. The molecule has 0 N–H and O–H groups in total. The number of aromatic nitrogens is 3. The summed E-state index contributed by atoms with van der Waals surface area (Å²) in [7, 11) is 0. The fourth-order valence-electron chi connectivity index (χ4n) is 3.71. The molecule has 0 aliphatic carbocycles. The van der Waals surface area contributed by atoms with Gasteiger partial charge in [0.05, 0.1) is 5.69 Å². The Morgan fingerprint density at radius 1 is 0.536 bits per heavy atom. The van der Waals surface area contributed by atoms with Crippen molar-refractivity contribution in [2.24, 2.45) is 0 Å². The Hall–Kier alpha value is -3.72. The predicted octanol–water partition coefficient (Wildman–Crippen LogP) is 6.06. The summed E-state index contributed by atoms with van der Waals surface area (Å²) in [5.41, 5.74) is 4.43. The lowest BCUT2D eigenvalue weighted by atomic mass is 10.0. The third-order valence-electron chi connectivity index (χ3n) is 5.08. The largest absolute Gasteiger partial charge is 0.274 e. The highest BCUT2D eigenvalue weighted by Crippen LogP contribution is 2.32. The molecule has 134 valence electrons. The van der Waals surface area contributed by atoms with Crippen molar-refractivity contribution in [3.63, 3.8) is 0 Å². The maximum absolute atomic E-state index is 4.58. The first kappa shape index (κ1) is 16.5. The van der Waals surface area contributed by atoms with E-state index in [1.54, 1.807) is 0 Å². The Labute approximate surface area is 163 Å². The molecule has 1 heterocycles. The van der Waals surface area contributed by atoms with Gasteiger partial charge in [-0.25, -0.2) is 0 Å². The molecule has 0 bridgehead atoms. The zero-order valence-electron chi connectivity index (χ0n) is 15.6. The molecule has 0 fully saturated rings. The first-order valence-corrected chi connectivity index (χ1v) is 9.38. The van der Waals surface area contributed by atoms with Crippen LogP contribution < -0.4 is 0 Å². The summed E-state index contributed by atoms with van der Waals surface area (Å²) < 4.78 is 2.17. The van der Waals surface area contributed by atoms with Crippen LogP contribution in [-0.2, 0) is 0 Å². The molecule has 0 amide bonds. The second kappa shape index (κ2) is 6.78. The van der Waals surface area contributed by atoms with Crippen LogP contribution in [0.1, 0.15) is 5.56 Å². The van der Waals surface area contributed by atoms with Crippen LogP contribution in [0.2, 0.25) is 0 Å². The van der Waals surface area contributed by atoms with E-state index in [0.717, 1.165) is 28.5 Å². The first-order valence-electron chi connectivity index (χ1n) is 9.38. The van der Waals surface area contributed by atoms with Gasteiger partial charge in [0, 0.05) is 16.5 Å². The molecule has 0 unspecified atom stereocenters. The van der Waals surface area contributed by atoms with E-state index < -0.39 is 0 Å². The van der Waals surface area contributed by atoms with Crippen LogP contribution in [-0.4, -0.2) is 14.8 Å². The maximum atomic E-state index is 4.58. The molecule has 28 heavy (non-hydrogen) atoms. The molecule has 0 spiro atoms. The number of benzene rings is 4. The van der Waals surface area contributed by atoms with Crippen molar-refractivity contribution in [2.45, 2.75) is 6.92 Å². The van der Waals surface area contributed by atoms with Crippen molar-refractivity contribution in [1.82, 2.24) is 14.8 Å². The van der Waals surface area contributed by atoms with Gasteiger partial charge in [-0.2, -0.15) is 0 Å². The SMILES string of the molecule is Cc1cccc2c(-n3c(-c4ccccc4)nnc3-c3ccccc3)cccc12. The molecule has 0 aliphatic rings. The topological polar surface area (TPSA) is 30.7 Å². The van der Waals surface area contributed by atoms with Crippen molar-refractivity contribution >= 4 is 10.8 Å². The summed E-state index contributed by atoms with van der Waals surface area (Å²) >= 11 is 0. The van der Waals surface area contributed by atoms with E-state index in [1.807, 2.05) is 36.4 Å². The molecule has 1 aromatic heterocycles. The summed E-state index contributed by atoms with van der Waals surface area (Å²) in [5, 5.41) is 11.6. The van der Waals surface area contributed by atoms with Crippen molar-refractivity contribution in [3.05, 3.63) is 103 Å². The van der Waals surface area contributed by atoms with Crippen LogP contribution >= 0.6 is 0 Å². The standard InChI is InChI=1S/C25H19N3/c1-18-10-8-16-22-21(18)15-9-17-23(22)28-24(19-11-4-2-5-12-19)26-27-25(28)20-13-6-3-7-14-20/h2-17H,1H3. The van der Waals surface area contributed by atoms with Crippen LogP contribution in [0.5, 0.6) is 0 Å². The molecular formula is C25H19N3. The monoisotopic (exact) mass is 361 g/mol. The second-order valence-electron chi connectivity index (χ2n) is 6.86. The third-order valence-corrected chi connectivity index (χ3v) is 5.08. The van der Waals surface area contributed by atoms with Gasteiger partial charge in [0.15, 0.2) is 11.6 Å². The molecule has 0 radical (unpaired) electrons. The Morgan fingerprint density at radius 2 is 1.07 bits per heavy atom. The van der Waals surface area contributed by atoms with Crippen LogP contribution in [0.15, 0.2) is 97.1 Å². The quantitative estimate of drug-likeness (QED) is 0.391. The smallest absolute Gasteiger partial charge is 0.168 e. The molecular weight excluding hydrogens is 342 g/mol. The van der Waals surface area contributed by atoms with E-state index in [2.05, 4.69) is 82.4 Å². The van der Waals surface area contributed by atoms with E-state index in [0.29, 0.717) is 0 Å². The van der Waals surface area contributed by atoms with Crippen molar-refractivity contribution in [1.29, 1.82) is 0 Å². The predicted molar refractivity (Wildman–Crippen MR) is 114 cm³/mol. The van der Waals surface area contributed by atoms with E-state index in [1.165, 1.54) is 16.3 Å². The number of fused-ring (bicyclic) bond motifs is 1. The lowest BCUT2D eigenvalue weighted by molar-refractivity contribution is 1.08. The molecule has 3 heteroatoms. The minimum Gasteiger partial charge on any atom is -0.274 e. The van der Waals surface area contributed by atoms with E-state index in [9.17, 15) is 0 Å². The van der Waals surface area contributed by atoms with Crippen LogP contribution in [0.3, 0.4) is 0 Å². The Morgan fingerprint density at radius 3 is 1.68 bits per heavy atom. The molecule has 5 rings (SSSR count). The number of rotatable bonds is 3. The Bertz CT molecular complexity index is 1200. The minimum atomic E-state index is 0.841. The lowest BCUT2D eigenvalue weighted by Crippen LogP contribution is -2.01. The summed E-state index contributed by atoms with van der Waals surface area (Å²) in [6, 6.07) is 33.3. The van der Waals surface area contributed by atoms with E-state index in [4.69, 9.17) is 0 Å². The minimum absolute atomic E-state index is 0.841. The van der Waals surface area contributed by atoms with Gasteiger partial charge in [-0.15, -0.1) is 10.2 Å². The van der Waals surface area contributed by atoms with Gasteiger partial charge in [-0.05, 0) is 23.9 Å². The van der Waals surface area contributed by atoms with Crippen molar-refractivity contribution < 1.29 is 0 Å². The maximum Gasteiger partial charge on any atom is 0.168 e. The lowest BCUT2D eigenvalue weighted by Gasteiger charge is -2.14. The fraction of sp³-hybridized carbons (Fsp3) is 0.0400.